The maximum atomic E-state index is 12.5. The number of hydrogen-bond donors (Lipinski definition) is 1. The van der Waals surface area contributed by atoms with Gasteiger partial charge in [0.1, 0.15) is 6.04 Å². The van der Waals surface area contributed by atoms with Crippen LogP contribution in [0.15, 0.2) is 30.3 Å². The van der Waals surface area contributed by atoms with E-state index >= 15 is 0 Å². The minimum Gasteiger partial charge on any atom is -0.354 e. The van der Waals surface area contributed by atoms with Crippen LogP contribution in [0.25, 0.3) is 0 Å². The molecule has 0 radical (unpaired) electrons. The molecule has 1 atom stereocenters. The summed E-state index contributed by atoms with van der Waals surface area (Å²) in [5.41, 5.74) is 0.728. The van der Waals surface area contributed by atoms with Crippen LogP contribution >= 0.6 is 0 Å². The monoisotopic (exact) mass is 371 g/mol. The molecule has 2 fully saturated rings. The number of nitrogens with one attached hydrogen (secondary N) is 1. The van der Waals surface area contributed by atoms with E-state index in [1.807, 2.05) is 35.2 Å². The Labute approximate surface area is 160 Å². The summed E-state index contributed by atoms with van der Waals surface area (Å²) in [7, 11) is 0. The van der Waals surface area contributed by atoms with Crippen LogP contribution in [-0.4, -0.2) is 59.7 Å². The lowest BCUT2D eigenvalue weighted by Gasteiger charge is -2.35. The molecular formula is C21H29N3O3. The number of likely N-dealkylation sites (tertiary alicyclic amines) is 2. The molecule has 6 heteroatoms. The van der Waals surface area contributed by atoms with E-state index < -0.39 is 0 Å². The van der Waals surface area contributed by atoms with E-state index in [1.54, 1.807) is 4.90 Å². The van der Waals surface area contributed by atoms with Crippen LogP contribution in [0.4, 0.5) is 0 Å². The summed E-state index contributed by atoms with van der Waals surface area (Å²) in [5.74, 6) is 0.399. The molecule has 3 amide bonds. The molecule has 1 aromatic carbocycles. The van der Waals surface area contributed by atoms with E-state index in [2.05, 4.69) is 5.32 Å². The Morgan fingerprint density at radius 2 is 1.70 bits per heavy atom. The Morgan fingerprint density at radius 3 is 2.37 bits per heavy atom. The van der Waals surface area contributed by atoms with Crippen molar-refractivity contribution < 1.29 is 14.4 Å². The second-order valence-corrected chi connectivity index (χ2v) is 7.57. The first-order chi connectivity index (χ1) is 13.1. The summed E-state index contributed by atoms with van der Waals surface area (Å²) < 4.78 is 0. The predicted octanol–water partition coefficient (Wildman–Crippen LogP) is 2.06. The first-order valence-electron chi connectivity index (χ1n) is 9.95. The molecule has 27 heavy (non-hydrogen) atoms. The zero-order valence-corrected chi connectivity index (χ0v) is 16.0. The molecule has 3 rings (SSSR count). The molecule has 0 aromatic heterocycles. The number of rotatable bonds is 4. The van der Waals surface area contributed by atoms with Crippen LogP contribution in [0, 0.1) is 5.92 Å². The maximum Gasteiger partial charge on any atom is 0.253 e. The number of carbonyl (C=O) groups is 3. The Morgan fingerprint density at radius 1 is 1.00 bits per heavy atom. The maximum absolute atomic E-state index is 12.5. The van der Waals surface area contributed by atoms with E-state index in [0.29, 0.717) is 19.0 Å². The SMILES string of the molecule is CC(=O)N1CCCCC1C(=O)NCC1CCN(C(=O)c2ccccc2)CC1. The van der Waals surface area contributed by atoms with Gasteiger partial charge in [0, 0.05) is 38.7 Å². The Balaban J connectivity index is 1.45. The van der Waals surface area contributed by atoms with Crippen LogP contribution in [0.1, 0.15) is 49.4 Å². The molecule has 1 aromatic rings. The van der Waals surface area contributed by atoms with E-state index in [4.69, 9.17) is 0 Å². The van der Waals surface area contributed by atoms with Crippen LogP contribution in [0.5, 0.6) is 0 Å². The number of nitrogens with zero attached hydrogens (tertiary/aromatic N) is 2. The van der Waals surface area contributed by atoms with Gasteiger partial charge in [-0.3, -0.25) is 14.4 Å². The highest BCUT2D eigenvalue weighted by Crippen LogP contribution is 2.20. The molecule has 2 aliphatic rings. The average Bonchev–Trinajstić information content (AvgIpc) is 2.72. The fourth-order valence-corrected chi connectivity index (χ4v) is 4.05. The third kappa shape index (κ3) is 4.87. The molecule has 2 aliphatic heterocycles. The van der Waals surface area contributed by atoms with Crippen molar-refractivity contribution >= 4 is 17.7 Å². The minimum absolute atomic E-state index is 0.0254. The second-order valence-electron chi connectivity index (χ2n) is 7.57. The smallest absolute Gasteiger partial charge is 0.253 e. The number of benzene rings is 1. The topological polar surface area (TPSA) is 69.7 Å². The van der Waals surface area contributed by atoms with Crippen molar-refractivity contribution in [1.82, 2.24) is 15.1 Å². The molecule has 0 saturated carbocycles. The first kappa shape index (κ1) is 19.4. The standard InChI is InChI=1S/C21H29N3O3/c1-16(25)24-12-6-5-9-19(24)20(26)22-15-17-10-13-23(14-11-17)21(27)18-7-3-2-4-8-18/h2-4,7-8,17,19H,5-6,9-15H2,1H3,(H,22,26). The van der Waals surface area contributed by atoms with Gasteiger partial charge in [-0.2, -0.15) is 0 Å². The Bertz CT molecular complexity index is 669. The molecule has 2 saturated heterocycles. The van der Waals surface area contributed by atoms with Crippen molar-refractivity contribution in [3.8, 4) is 0 Å². The van der Waals surface area contributed by atoms with E-state index in [0.717, 1.165) is 50.8 Å². The first-order valence-corrected chi connectivity index (χ1v) is 9.95. The third-order valence-electron chi connectivity index (χ3n) is 5.70. The summed E-state index contributed by atoms with van der Waals surface area (Å²) in [4.78, 5) is 40.4. The zero-order valence-electron chi connectivity index (χ0n) is 16.0. The zero-order chi connectivity index (χ0) is 19.2. The van der Waals surface area contributed by atoms with Crippen molar-refractivity contribution in [2.45, 2.75) is 45.1 Å². The average molecular weight is 371 g/mol. The van der Waals surface area contributed by atoms with Crippen molar-refractivity contribution in [1.29, 1.82) is 0 Å². The third-order valence-corrected chi connectivity index (χ3v) is 5.70. The number of amides is 3. The second kappa shape index (κ2) is 9.02. The summed E-state index contributed by atoms with van der Waals surface area (Å²) in [6, 6.07) is 9.04. The number of piperidine rings is 2. The van der Waals surface area contributed by atoms with Gasteiger partial charge in [0.25, 0.3) is 5.91 Å². The summed E-state index contributed by atoms with van der Waals surface area (Å²) in [5, 5.41) is 3.05. The minimum atomic E-state index is -0.323. The van der Waals surface area contributed by atoms with Crippen LogP contribution in [0.2, 0.25) is 0 Å². The van der Waals surface area contributed by atoms with Gasteiger partial charge in [0.2, 0.25) is 11.8 Å². The molecule has 6 nitrogen and oxygen atoms in total. The molecule has 1 N–H and O–H groups in total. The van der Waals surface area contributed by atoms with Gasteiger partial charge in [0.15, 0.2) is 0 Å². The van der Waals surface area contributed by atoms with Gasteiger partial charge in [-0.15, -0.1) is 0 Å². The van der Waals surface area contributed by atoms with E-state index in [9.17, 15) is 14.4 Å². The van der Waals surface area contributed by atoms with Crippen LogP contribution in [-0.2, 0) is 9.59 Å². The molecule has 0 bridgehead atoms. The quantitative estimate of drug-likeness (QED) is 0.881. The lowest BCUT2D eigenvalue weighted by Crippen LogP contribution is -2.52. The fraction of sp³-hybridized carbons (Fsp3) is 0.571. The molecule has 2 heterocycles. The summed E-state index contributed by atoms with van der Waals surface area (Å²) >= 11 is 0. The van der Waals surface area contributed by atoms with Gasteiger partial charge >= 0.3 is 0 Å². The normalized spacial score (nSPS) is 21.0. The van der Waals surface area contributed by atoms with Gasteiger partial charge in [-0.1, -0.05) is 18.2 Å². The van der Waals surface area contributed by atoms with Gasteiger partial charge in [-0.05, 0) is 50.2 Å². The van der Waals surface area contributed by atoms with Gasteiger partial charge < -0.3 is 15.1 Å². The lowest BCUT2D eigenvalue weighted by molar-refractivity contribution is -0.140. The predicted molar refractivity (Wildman–Crippen MR) is 103 cm³/mol. The van der Waals surface area contributed by atoms with Gasteiger partial charge in [0.05, 0.1) is 0 Å². The van der Waals surface area contributed by atoms with Crippen LogP contribution < -0.4 is 5.32 Å². The van der Waals surface area contributed by atoms with Crippen LogP contribution in [0.3, 0.4) is 0 Å². The number of hydrogen-bond acceptors (Lipinski definition) is 3. The van der Waals surface area contributed by atoms with Crippen molar-refractivity contribution in [2.24, 2.45) is 5.92 Å². The van der Waals surface area contributed by atoms with Gasteiger partial charge in [-0.25, -0.2) is 0 Å². The molecule has 146 valence electrons. The van der Waals surface area contributed by atoms with Crippen molar-refractivity contribution in [3.05, 3.63) is 35.9 Å². The highest BCUT2D eigenvalue weighted by Gasteiger charge is 2.31. The molecule has 0 spiro atoms. The highest BCUT2D eigenvalue weighted by molar-refractivity contribution is 5.94. The molecular weight excluding hydrogens is 342 g/mol. The Hall–Kier alpha value is -2.37. The van der Waals surface area contributed by atoms with E-state index in [1.165, 1.54) is 6.92 Å². The summed E-state index contributed by atoms with van der Waals surface area (Å²) in [6.45, 7) is 4.27. The molecule has 1 unspecified atom stereocenters. The van der Waals surface area contributed by atoms with E-state index in [-0.39, 0.29) is 23.8 Å². The lowest BCUT2D eigenvalue weighted by atomic mass is 9.95. The van der Waals surface area contributed by atoms with Crippen molar-refractivity contribution in [3.63, 3.8) is 0 Å². The Kier molecular flexibility index (Phi) is 6.48. The summed E-state index contributed by atoms with van der Waals surface area (Å²) in [6.07, 6.45) is 4.48. The fourth-order valence-electron chi connectivity index (χ4n) is 4.05. The number of carbonyl (C=O) groups excluding carboxylic acids is 3. The van der Waals surface area contributed by atoms with Crippen molar-refractivity contribution in [2.75, 3.05) is 26.2 Å². The highest BCUT2D eigenvalue weighted by atomic mass is 16.2. The largest absolute Gasteiger partial charge is 0.354 e. The molecule has 0 aliphatic carbocycles.